The van der Waals surface area contributed by atoms with Crippen LogP contribution in [-0.4, -0.2) is 74.3 Å². The van der Waals surface area contributed by atoms with Crippen LogP contribution in [0, 0.1) is 0 Å². The number of carbonyl (C=O) groups is 2. The Balaban J connectivity index is 5.05. The first-order valence-corrected chi connectivity index (χ1v) is 35.2. The molecule has 9 nitrogen and oxygen atoms in total. The molecular weight excluding hydrogens is 976 g/mol. The monoisotopic (exact) mass is 1110 g/mol. The summed E-state index contributed by atoms with van der Waals surface area (Å²) in [5.74, 6) is -0.485. The molecule has 0 spiro atoms. The predicted molar refractivity (Wildman–Crippen MR) is 333 cm³/mol. The van der Waals surface area contributed by atoms with E-state index in [1.807, 2.05) is 33.3 Å². The molecule has 10 heteroatoms. The summed E-state index contributed by atoms with van der Waals surface area (Å²) in [6.45, 7) is 7.06. The normalized spacial score (nSPS) is 13.7. The SMILES string of the molecule is CCCCCCCC/C=C/CCCCCCCCCCCCCCCC(=O)OC(/C=C/CCCCCCCCCCC)C(COP(=O)(O)OCC[N+](C)(C)C)NC(=O)CCCCCCCCCCCCCCCCCCC. The number of phosphoric ester groups is 1. The Morgan fingerprint density at radius 2 is 0.753 bits per heavy atom. The van der Waals surface area contributed by atoms with Crippen molar-refractivity contribution in [3.63, 3.8) is 0 Å². The highest BCUT2D eigenvalue weighted by atomic mass is 31.2. The van der Waals surface area contributed by atoms with Gasteiger partial charge in [0.2, 0.25) is 5.91 Å². The van der Waals surface area contributed by atoms with Crippen molar-refractivity contribution in [2.75, 3.05) is 40.9 Å². The molecule has 0 radical (unpaired) electrons. The number of carbonyl (C=O) groups excluding carboxylic acids is 2. The minimum atomic E-state index is -4.44. The van der Waals surface area contributed by atoms with E-state index in [-0.39, 0.29) is 25.1 Å². The number of quaternary nitrogens is 1. The second-order valence-electron chi connectivity index (χ2n) is 24.4. The number of hydrogen-bond donors (Lipinski definition) is 2. The first-order valence-electron chi connectivity index (χ1n) is 33.7. The largest absolute Gasteiger partial charge is 0.472 e. The molecule has 0 aromatic carbocycles. The lowest BCUT2D eigenvalue weighted by atomic mass is 10.0. The van der Waals surface area contributed by atoms with Crippen LogP contribution in [0.3, 0.4) is 0 Å². The fourth-order valence-electron chi connectivity index (χ4n) is 10.2. The summed E-state index contributed by atoms with van der Waals surface area (Å²) in [5, 5.41) is 3.07. The summed E-state index contributed by atoms with van der Waals surface area (Å²) in [6.07, 6.45) is 69.0. The Hall–Kier alpha value is -1.51. The molecule has 77 heavy (non-hydrogen) atoms. The summed E-state index contributed by atoms with van der Waals surface area (Å²) in [4.78, 5) is 37.8. The Kier molecular flexibility index (Phi) is 56.6. The molecule has 0 aliphatic rings. The summed E-state index contributed by atoms with van der Waals surface area (Å²) < 4.78 is 30.8. The van der Waals surface area contributed by atoms with Crippen molar-refractivity contribution >= 4 is 19.7 Å². The van der Waals surface area contributed by atoms with Gasteiger partial charge < -0.3 is 19.4 Å². The Labute approximate surface area is 479 Å². The molecule has 0 aliphatic carbocycles. The van der Waals surface area contributed by atoms with Crippen LogP contribution in [0.15, 0.2) is 24.3 Å². The molecule has 0 saturated heterocycles. The van der Waals surface area contributed by atoms with E-state index in [1.165, 1.54) is 250 Å². The average Bonchev–Trinajstić information content (AvgIpc) is 3.39. The number of nitrogens with one attached hydrogen (secondary N) is 1. The van der Waals surface area contributed by atoms with E-state index < -0.39 is 20.0 Å². The Morgan fingerprint density at radius 1 is 0.442 bits per heavy atom. The van der Waals surface area contributed by atoms with E-state index in [0.29, 0.717) is 23.9 Å². The van der Waals surface area contributed by atoms with E-state index in [2.05, 4.69) is 38.2 Å². The number of hydrogen-bond acceptors (Lipinski definition) is 6. The lowest BCUT2D eigenvalue weighted by Gasteiger charge is -2.27. The molecular formula is C67H132N2O7P+. The fourth-order valence-corrected chi connectivity index (χ4v) is 10.9. The molecule has 3 atom stereocenters. The molecule has 0 aromatic heterocycles. The summed E-state index contributed by atoms with van der Waals surface area (Å²) in [7, 11) is 1.52. The van der Waals surface area contributed by atoms with Gasteiger partial charge in [-0.2, -0.15) is 0 Å². The zero-order chi connectivity index (χ0) is 56.4. The summed E-state index contributed by atoms with van der Waals surface area (Å²) >= 11 is 0. The third-order valence-electron chi connectivity index (χ3n) is 15.4. The Morgan fingerprint density at radius 3 is 1.10 bits per heavy atom. The van der Waals surface area contributed by atoms with Gasteiger partial charge in [-0.1, -0.05) is 296 Å². The van der Waals surface area contributed by atoms with Crippen molar-refractivity contribution in [2.45, 2.75) is 354 Å². The molecule has 456 valence electrons. The van der Waals surface area contributed by atoms with E-state index in [1.54, 1.807) is 0 Å². The quantitative estimate of drug-likeness (QED) is 0.0205. The summed E-state index contributed by atoms with van der Waals surface area (Å²) in [6, 6.07) is -0.842. The summed E-state index contributed by atoms with van der Waals surface area (Å²) in [5.41, 5.74) is 0. The van der Waals surface area contributed by atoms with Crippen molar-refractivity contribution in [3.05, 3.63) is 24.3 Å². The van der Waals surface area contributed by atoms with Crippen LogP contribution >= 0.6 is 7.82 Å². The number of phosphoric acid groups is 1. The average molecular weight is 1110 g/mol. The van der Waals surface area contributed by atoms with Gasteiger partial charge in [-0.15, -0.1) is 0 Å². The van der Waals surface area contributed by atoms with Gasteiger partial charge in [-0.3, -0.25) is 18.6 Å². The molecule has 0 aliphatic heterocycles. The van der Waals surface area contributed by atoms with Crippen molar-refractivity contribution < 1.29 is 37.3 Å². The number of rotatable bonds is 62. The van der Waals surface area contributed by atoms with Gasteiger partial charge in [-0.25, -0.2) is 4.57 Å². The van der Waals surface area contributed by atoms with Crippen molar-refractivity contribution in [1.29, 1.82) is 0 Å². The maximum absolute atomic E-state index is 13.6. The van der Waals surface area contributed by atoms with Crippen LogP contribution in [0.5, 0.6) is 0 Å². The van der Waals surface area contributed by atoms with Crippen LogP contribution in [0.1, 0.15) is 342 Å². The minimum absolute atomic E-state index is 0.0443. The zero-order valence-electron chi connectivity index (χ0n) is 52.2. The van der Waals surface area contributed by atoms with E-state index in [9.17, 15) is 19.0 Å². The van der Waals surface area contributed by atoms with Gasteiger partial charge in [0.05, 0.1) is 33.8 Å². The molecule has 0 aromatic rings. The van der Waals surface area contributed by atoms with Crippen molar-refractivity contribution in [3.8, 4) is 0 Å². The second kappa shape index (κ2) is 57.7. The standard InChI is InChI=1S/C67H131N2O7P/c1-7-10-13-16-19-22-25-27-29-31-32-33-34-35-36-38-40-42-45-48-51-54-57-60-67(71)76-65(58-55-52-49-46-43-24-21-18-15-12-9-3)64(63-75-77(72,73)74-62-61-69(4,5)6)68-66(70)59-56-53-50-47-44-41-39-37-30-28-26-23-20-17-14-11-8-2/h27,29,55,58,64-65H,7-26,28,30-54,56-57,59-63H2,1-6H3,(H-,68,70,72,73)/p+1/b29-27+,58-55+. The van der Waals surface area contributed by atoms with Gasteiger partial charge >= 0.3 is 13.8 Å². The Bertz CT molecular complexity index is 1370. The topological polar surface area (TPSA) is 111 Å². The van der Waals surface area contributed by atoms with Crippen molar-refractivity contribution in [1.82, 2.24) is 5.32 Å². The zero-order valence-corrected chi connectivity index (χ0v) is 53.1. The molecule has 1 amide bonds. The van der Waals surface area contributed by atoms with Crippen LogP contribution in [0.25, 0.3) is 0 Å². The van der Waals surface area contributed by atoms with E-state index in [0.717, 1.165) is 57.8 Å². The third kappa shape index (κ3) is 58.9. The van der Waals surface area contributed by atoms with E-state index in [4.69, 9.17) is 13.8 Å². The van der Waals surface area contributed by atoms with Gasteiger partial charge in [0, 0.05) is 12.8 Å². The number of likely N-dealkylation sites (N-methyl/N-ethyl adjacent to an activating group) is 1. The highest BCUT2D eigenvalue weighted by molar-refractivity contribution is 7.47. The van der Waals surface area contributed by atoms with Crippen LogP contribution in [0.2, 0.25) is 0 Å². The third-order valence-corrected chi connectivity index (χ3v) is 16.4. The van der Waals surface area contributed by atoms with Gasteiger partial charge in [-0.05, 0) is 57.4 Å². The number of esters is 1. The molecule has 0 bridgehead atoms. The fraction of sp³-hybridized carbons (Fsp3) is 0.910. The highest BCUT2D eigenvalue weighted by Crippen LogP contribution is 2.43. The highest BCUT2D eigenvalue weighted by Gasteiger charge is 2.30. The van der Waals surface area contributed by atoms with Gasteiger partial charge in [0.25, 0.3) is 0 Å². The lowest BCUT2D eigenvalue weighted by Crippen LogP contribution is -2.47. The van der Waals surface area contributed by atoms with Gasteiger partial charge in [0.15, 0.2) is 0 Å². The number of nitrogens with zero attached hydrogens (tertiary/aromatic N) is 1. The van der Waals surface area contributed by atoms with E-state index >= 15 is 0 Å². The molecule has 3 unspecified atom stereocenters. The number of amides is 1. The smallest absolute Gasteiger partial charge is 0.456 e. The number of allylic oxidation sites excluding steroid dienone is 3. The molecule has 0 heterocycles. The number of unbranched alkanes of at least 4 members (excludes halogenated alkanes) is 44. The van der Waals surface area contributed by atoms with Gasteiger partial charge in [0.1, 0.15) is 19.3 Å². The maximum Gasteiger partial charge on any atom is 0.472 e. The molecule has 0 saturated carbocycles. The second-order valence-corrected chi connectivity index (χ2v) is 25.8. The molecule has 0 rings (SSSR count). The van der Waals surface area contributed by atoms with Crippen LogP contribution in [0.4, 0.5) is 0 Å². The first-order chi connectivity index (χ1) is 37.4. The first kappa shape index (κ1) is 75.5. The predicted octanol–water partition coefficient (Wildman–Crippen LogP) is 20.9. The maximum atomic E-state index is 13.6. The number of ether oxygens (including phenoxy) is 1. The van der Waals surface area contributed by atoms with Crippen LogP contribution < -0.4 is 5.32 Å². The lowest BCUT2D eigenvalue weighted by molar-refractivity contribution is -0.870. The molecule has 2 N–H and O–H groups in total. The van der Waals surface area contributed by atoms with Crippen molar-refractivity contribution in [2.24, 2.45) is 0 Å². The van der Waals surface area contributed by atoms with Crippen LogP contribution in [-0.2, 0) is 27.9 Å². The minimum Gasteiger partial charge on any atom is -0.456 e. The molecule has 0 fully saturated rings.